The van der Waals surface area contributed by atoms with Crippen LogP contribution in [0.2, 0.25) is 10.0 Å². The Bertz CT molecular complexity index is 1540. The van der Waals surface area contributed by atoms with Crippen LogP contribution in [0.3, 0.4) is 0 Å². The summed E-state index contributed by atoms with van der Waals surface area (Å²) < 4.78 is 1.32. The first-order valence-electron chi connectivity index (χ1n) is 10.7. The van der Waals surface area contributed by atoms with Crippen molar-refractivity contribution in [3.63, 3.8) is 0 Å². The molecule has 7 nitrogen and oxygen atoms in total. The van der Waals surface area contributed by atoms with Crippen LogP contribution in [0.15, 0.2) is 89.4 Å². The second-order valence-corrected chi connectivity index (χ2v) is 8.64. The molecule has 3 amide bonds. The lowest BCUT2D eigenvalue weighted by molar-refractivity contribution is -0.123. The summed E-state index contributed by atoms with van der Waals surface area (Å²) in [4.78, 5) is 40.3. The van der Waals surface area contributed by atoms with Gasteiger partial charge in [-0.15, -0.1) is 0 Å². The van der Waals surface area contributed by atoms with Crippen molar-refractivity contribution >= 4 is 41.2 Å². The van der Waals surface area contributed by atoms with E-state index in [9.17, 15) is 14.4 Å². The van der Waals surface area contributed by atoms with E-state index in [-0.39, 0.29) is 17.8 Å². The van der Waals surface area contributed by atoms with E-state index in [1.165, 1.54) is 10.8 Å². The van der Waals surface area contributed by atoms with Crippen LogP contribution in [-0.2, 0) is 11.3 Å². The zero-order valence-electron chi connectivity index (χ0n) is 18.2. The Morgan fingerprint density at radius 2 is 1.46 bits per heavy atom. The molecule has 0 spiro atoms. The topological polar surface area (TPSA) is 87.2 Å². The number of urea groups is 1. The maximum Gasteiger partial charge on any atom is 0.329 e. The third-order valence-corrected chi connectivity index (χ3v) is 6.31. The lowest BCUT2D eigenvalue weighted by atomic mass is 10.1. The van der Waals surface area contributed by atoms with Gasteiger partial charge in [0.25, 0.3) is 11.5 Å². The molecular weight excluding hydrogens is 487 g/mol. The molecule has 1 aliphatic heterocycles. The highest BCUT2D eigenvalue weighted by atomic mass is 35.5. The van der Waals surface area contributed by atoms with E-state index in [4.69, 9.17) is 23.2 Å². The van der Waals surface area contributed by atoms with Gasteiger partial charge < -0.3 is 5.32 Å². The molecule has 4 aromatic rings. The first kappa shape index (κ1) is 22.7. The number of para-hydroxylation sites is 1. The number of carbonyl (C=O) groups is 2. The number of amides is 3. The zero-order valence-corrected chi connectivity index (χ0v) is 19.7. The summed E-state index contributed by atoms with van der Waals surface area (Å²) in [5, 5.41) is 6.51. The van der Waals surface area contributed by atoms with E-state index >= 15 is 0 Å². The Labute approximate surface area is 210 Å². The normalized spacial score (nSPS) is 14.6. The number of nitrogens with zero attached hydrogens (tertiary/aromatic N) is 2. The maximum atomic E-state index is 13.5. The summed E-state index contributed by atoms with van der Waals surface area (Å²) >= 11 is 12.5. The molecule has 5 rings (SSSR count). The number of benzene rings is 3. The number of halogens is 2. The van der Waals surface area contributed by atoms with E-state index < -0.39 is 17.5 Å². The number of H-pyrrole nitrogens is 1. The Balaban J connectivity index is 1.59. The monoisotopic (exact) mass is 504 g/mol. The molecule has 1 fully saturated rings. The fourth-order valence-electron chi connectivity index (χ4n) is 3.87. The fourth-order valence-corrected chi connectivity index (χ4v) is 4.28. The molecule has 0 bridgehead atoms. The van der Waals surface area contributed by atoms with Crippen molar-refractivity contribution in [1.29, 1.82) is 0 Å². The minimum Gasteiger partial charge on any atom is -0.303 e. The molecule has 1 aromatic heterocycles. The van der Waals surface area contributed by atoms with Gasteiger partial charge in [0.1, 0.15) is 5.70 Å². The number of hydrogen-bond acceptors (Lipinski definition) is 3. The molecule has 1 saturated heterocycles. The number of imide groups is 1. The molecule has 0 atom stereocenters. The molecule has 35 heavy (non-hydrogen) atoms. The number of aromatic nitrogens is 2. The van der Waals surface area contributed by atoms with Crippen LogP contribution in [0, 0.1) is 0 Å². The summed E-state index contributed by atoms with van der Waals surface area (Å²) in [5.41, 5.74) is 2.08. The highest BCUT2D eigenvalue weighted by Crippen LogP contribution is 2.26. The van der Waals surface area contributed by atoms with Crippen LogP contribution in [0.25, 0.3) is 23.0 Å². The molecular formula is C26H18Cl2N4O3. The second-order valence-electron chi connectivity index (χ2n) is 7.83. The van der Waals surface area contributed by atoms with Crippen molar-refractivity contribution in [3.8, 4) is 16.9 Å². The van der Waals surface area contributed by atoms with Crippen LogP contribution in [0.5, 0.6) is 0 Å². The maximum absolute atomic E-state index is 13.5. The minimum absolute atomic E-state index is 0.00418. The SMILES string of the molecule is O=C1N/C(=C\c2c(-c3ccccc3)[nH]n(-c3ccccc3Cl)c2=O)C(=O)N1Cc1ccccc1Cl. The van der Waals surface area contributed by atoms with Gasteiger partial charge in [-0.05, 0) is 29.8 Å². The lowest BCUT2D eigenvalue weighted by Gasteiger charge is -2.12. The Morgan fingerprint density at radius 3 is 2.17 bits per heavy atom. The van der Waals surface area contributed by atoms with Crippen molar-refractivity contribution in [1.82, 2.24) is 20.0 Å². The number of nitrogens with one attached hydrogen (secondary N) is 2. The molecule has 3 aromatic carbocycles. The van der Waals surface area contributed by atoms with Crippen molar-refractivity contribution in [2.24, 2.45) is 0 Å². The average Bonchev–Trinajstić information content (AvgIpc) is 3.32. The van der Waals surface area contributed by atoms with E-state index in [0.717, 1.165) is 10.5 Å². The quantitative estimate of drug-likeness (QED) is 0.288. The summed E-state index contributed by atoms with van der Waals surface area (Å²) in [5.74, 6) is -0.557. The lowest BCUT2D eigenvalue weighted by Crippen LogP contribution is -2.30. The van der Waals surface area contributed by atoms with Gasteiger partial charge in [-0.1, -0.05) is 83.9 Å². The van der Waals surface area contributed by atoms with Gasteiger partial charge in [0.15, 0.2) is 0 Å². The van der Waals surface area contributed by atoms with Crippen molar-refractivity contribution < 1.29 is 9.59 Å². The molecule has 0 saturated carbocycles. The molecule has 174 valence electrons. The van der Waals surface area contributed by atoms with Crippen LogP contribution >= 0.6 is 23.2 Å². The summed E-state index contributed by atoms with van der Waals surface area (Å²) in [6.07, 6.45) is 1.39. The number of carbonyl (C=O) groups excluding carboxylic acids is 2. The minimum atomic E-state index is -0.593. The van der Waals surface area contributed by atoms with Crippen LogP contribution in [-0.4, -0.2) is 26.6 Å². The van der Waals surface area contributed by atoms with Gasteiger partial charge in [0, 0.05) is 10.6 Å². The summed E-state index contributed by atoms with van der Waals surface area (Å²) in [7, 11) is 0. The van der Waals surface area contributed by atoms with Crippen LogP contribution < -0.4 is 10.9 Å². The van der Waals surface area contributed by atoms with Crippen LogP contribution in [0.1, 0.15) is 11.1 Å². The van der Waals surface area contributed by atoms with Gasteiger partial charge >= 0.3 is 6.03 Å². The highest BCUT2D eigenvalue weighted by molar-refractivity contribution is 6.32. The molecule has 0 unspecified atom stereocenters. The van der Waals surface area contributed by atoms with Gasteiger partial charge in [-0.25, -0.2) is 9.48 Å². The average molecular weight is 505 g/mol. The Morgan fingerprint density at radius 1 is 0.800 bits per heavy atom. The van der Waals surface area contributed by atoms with Crippen molar-refractivity contribution in [2.75, 3.05) is 0 Å². The van der Waals surface area contributed by atoms with E-state index in [1.54, 1.807) is 48.5 Å². The zero-order chi connectivity index (χ0) is 24.5. The molecule has 0 aliphatic carbocycles. The predicted octanol–water partition coefficient (Wildman–Crippen LogP) is 5.23. The molecule has 2 heterocycles. The van der Waals surface area contributed by atoms with Crippen molar-refractivity contribution in [3.05, 3.63) is 116 Å². The van der Waals surface area contributed by atoms with E-state index in [0.29, 0.717) is 27.0 Å². The second kappa shape index (κ2) is 9.29. The highest BCUT2D eigenvalue weighted by Gasteiger charge is 2.34. The number of hydrogen-bond donors (Lipinski definition) is 2. The standard InChI is InChI=1S/C26H18Cl2N4O3/c27-19-11-5-4-10-17(19)15-31-25(34)21(29-26(31)35)14-18-23(16-8-2-1-3-9-16)30-32(24(18)33)22-13-7-6-12-20(22)28/h1-14,30H,15H2,(H,29,35)/b21-14-. The van der Waals surface area contributed by atoms with Gasteiger partial charge in [0.05, 0.1) is 28.5 Å². The Hall–Kier alpha value is -4.07. The van der Waals surface area contributed by atoms with Crippen LogP contribution in [0.4, 0.5) is 4.79 Å². The van der Waals surface area contributed by atoms with Gasteiger partial charge in [0.2, 0.25) is 0 Å². The number of rotatable bonds is 5. The molecule has 0 radical (unpaired) electrons. The summed E-state index contributed by atoms with van der Waals surface area (Å²) in [6.45, 7) is 0.00418. The van der Waals surface area contributed by atoms with E-state index in [1.807, 2.05) is 30.3 Å². The third kappa shape index (κ3) is 4.27. The largest absolute Gasteiger partial charge is 0.329 e. The van der Waals surface area contributed by atoms with Gasteiger partial charge in [-0.3, -0.25) is 19.6 Å². The van der Waals surface area contributed by atoms with Crippen molar-refractivity contribution in [2.45, 2.75) is 6.54 Å². The molecule has 9 heteroatoms. The van der Waals surface area contributed by atoms with Gasteiger partial charge in [-0.2, -0.15) is 0 Å². The summed E-state index contributed by atoms with van der Waals surface area (Å²) in [6, 6.07) is 22.5. The molecule has 2 N–H and O–H groups in total. The Kier molecular flexibility index (Phi) is 6.03. The third-order valence-electron chi connectivity index (χ3n) is 5.62. The number of aromatic amines is 1. The first-order chi connectivity index (χ1) is 16.9. The predicted molar refractivity (Wildman–Crippen MR) is 135 cm³/mol. The first-order valence-corrected chi connectivity index (χ1v) is 11.4. The fraction of sp³-hybridized carbons (Fsp3) is 0.0385. The van der Waals surface area contributed by atoms with E-state index in [2.05, 4.69) is 10.4 Å². The molecule has 1 aliphatic rings. The smallest absolute Gasteiger partial charge is 0.303 e.